The molecule has 200 valence electrons. The van der Waals surface area contributed by atoms with E-state index in [0.29, 0.717) is 50.0 Å². The molecule has 3 aliphatic rings. The summed E-state index contributed by atoms with van der Waals surface area (Å²) in [4.78, 5) is 35.6. The fraction of sp³-hybridized carbons (Fsp3) is 0.242. The van der Waals surface area contributed by atoms with Crippen molar-refractivity contribution >= 4 is 23.3 Å². The smallest absolute Gasteiger partial charge is 0.276 e. The predicted molar refractivity (Wildman–Crippen MR) is 155 cm³/mol. The van der Waals surface area contributed by atoms with Gasteiger partial charge in [0.2, 0.25) is 0 Å². The highest BCUT2D eigenvalue weighted by molar-refractivity contribution is 6.08. The number of hydrogen-bond donors (Lipinski definition) is 1. The van der Waals surface area contributed by atoms with Crippen molar-refractivity contribution in [2.45, 2.75) is 31.8 Å². The summed E-state index contributed by atoms with van der Waals surface area (Å²) >= 11 is 0. The van der Waals surface area contributed by atoms with E-state index >= 15 is 0 Å². The van der Waals surface area contributed by atoms with E-state index in [4.69, 9.17) is 9.72 Å². The summed E-state index contributed by atoms with van der Waals surface area (Å²) in [6.07, 6.45) is 2.74. The summed E-state index contributed by atoms with van der Waals surface area (Å²) < 4.78 is 5.93. The summed E-state index contributed by atoms with van der Waals surface area (Å²) in [5.74, 6) is 1.48. The van der Waals surface area contributed by atoms with Crippen molar-refractivity contribution in [3.8, 4) is 16.9 Å². The van der Waals surface area contributed by atoms with Crippen LogP contribution in [0.1, 0.15) is 44.8 Å². The molecular weight excluding hydrogens is 500 g/mol. The molecule has 1 aromatic heterocycles. The first kappa shape index (κ1) is 24.4. The Morgan fingerprint density at radius 3 is 2.60 bits per heavy atom. The van der Waals surface area contributed by atoms with E-state index < -0.39 is 0 Å². The Kier molecular flexibility index (Phi) is 6.19. The summed E-state index contributed by atoms with van der Waals surface area (Å²) in [5, 5.41) is 3.08. The van der Waals surface area contributed by atoms with Crippen LogP contribution in [0.25, 0.3) is 11.1 Å². The molecule has 7 nitrogen and oxygen atoms in total. The SMILES string of the molecule is O=C(NC1CC1)c1ccc2c(c1)CCN(C(=O)c1cccc(N3CCOc4ccccc4C3)n1)c1ccccc1-2. The predicted octanol–water partition coefficient (Wildman–Crippen LogP) is 5.24. The average Bonchev–Trinajstić information content (AvgIpc) is 3.84. The van der Waals surface area contributed by atoms with Crippen LogP contribution in [-0.2, 0) is 13.0 Å². The highest BCUT2D eigenvalue weighted by atomic mass is 16.5. The summed E-state index contributed by atoms with van der Waals surface area (Å²) in [6, 6.07) is 27.9. The summed E-state index contributed by atoms with van der Waals surface area (Å²) in [5.41, 5.74) is 6.13. The van der Waals surface area contributed by atoms with Gasteiger partial charge in [-0.1, -0.05) is 48.5 Å². The number of carbonyl (C=O) groups excluding carboxylic acids is 2. The van der Waals surface area contributed by atoms with E-state index in [2.05, 4.69) is 16.3 Å². The molecule has 3 heterocycles. The molecule has 1 fully saturated rings. The van der Waals surface area contributed by atoms with Gasteiger partial charge < -0.3 is 19.9 Å². The van der Waals surface area contributed by atoms with Gasteiger partial charge in [0.1, 0.15) is 23.9 Å². The molecule has 7 heteroatoms. The maximum atomic E-state index is 14.0. The minimum Gasteiger partial charge on any atom is -0.491 e. The molecule has 0 atom stereocenters. The second-order valence-corrected chi connectivity index (χ2v) is 10.6. The third-order valence-electron chi connectivity index (χ3n) is 7.85. The molecule has 0 saturated heterocycles. The van der Waals surface area contributed by atoms with Crippen molar-refractivity contribution in [3.05, 3.63) is 107 Å². The van der Waals surface area contributed by atoms with Gasteiger partial charge in [-0.3, -0.25) is 9.59 Å². The molecule has 0 radical (unpaired) electrons. The Morgan fingerprint density at radius 1 is 0.850 bits per heavy atom. The van der Waals surface area contributed by atoms with E-state index in [1.807, 2.05) is 77.7 Å². The van der Waals surface area contributed by atoms with Crippen LogP contribution in [0, 0.1) is 0 Å². The van der Waals surface area contributed by atoms with Gasteiger partial charge in [-0.15, -0.1) is 0 Å². The molecule has 40 heavy (non-hydrogen) atoms. The Labute approximate surface area is 233 Å². The number of aromatic nitrogens is 1. The van der Waals surface area contributed by atoms with Gasteiger partial charge in [-0.2, -0.15) is 0 Å². The van der Waals surface area contributed by atoms with E-state index in [1.54, 1.807) is 6.07 Å². The van der Waals surface area contributed by atoms with E-state index in [-0.39, 0.29) is 11.8 Å². The van der Waals surface area contributed by atoms with Crippen LogP contribution in [0.5, 0.6) is 5.75 Å². The third-order valence-corrected chi connectivity index (χ3v) is 7.85. The largest absolute Gasteiger partial charge is 0.491 e. The summed E-state index contributed by atoms with van der Waals surface area (Å²) in [7, 11) is 0. The highest BCUT2D eigenvalue weighted by Crippen LogP contribution is 2.37. The molecule has 1 saturated carbocycles. The van der Waals surface area contributed by atoms with Crippen LogP contribution >= 0.6 is 0 Å². The van der Waals surface area contributed by atoms with Crippen LogP contribution in [0.4, 0.5) is 11.5 Å². The van der Waals surface area contributed by atoms with Gasteiger partial charge in [0.15, 0.2) is 0 Å². The highest BCUT2D eigenvalue weighted by Gasteiger charge is 2.28. The molecule has 0 spiro atoms. The van der Waals surface area contributed by atoms with Crippen molar-refractivity contribution in [2.24, 2.45) is 0 Å². The fourth-order valence-corrected chi connectivity index (χ4v) is 5.58. The monoisotopic (exact) mass is 530 g/mol. The third kappa shape index (κ3) is 4.68. The standard InChI is InChI=1S/C33H30N4O3/c38-32(34-25-13-14-25)23-12-15-26-22(20-23)16-17-37(29-9-3-2-7-27(26)29)33(39)28-8-5-11-31(35-28)36-18-19-40-30-10-4-1-6-24(30)21-36/h1-12,15,20,25H,13-14,16-19,21H2,(H,34,38). The lowest BCUT2D eigenvalue weighted by atomic mass is 9.95. The molecule has 1 aliphatic carbocycles. The van der Waals surface area contributed by atoms with Crippen molar-refractivity contribution in [1.29, 1.82) is 0 Å². The Balaban J connectivity index is 1.18. The number of pyridine rings is 1. The van der Waals surface area contributed by atoms with Gasteiger partial charge in [-0.25, -0.2) is 4.98 Å². The van der Waals surface area contributed by atoms with E-state index in [1.165, 1.54) is 0 Å². The van der Waals surface area contributed by atoms with E-state index in [9.17, 15) is 9.59 Å². The number of amides is 2. The van der Waals surface area contributed by atoms with Crippen molar-refractivity contribution < 1.29 is 14.3 Å². The molecule has 3 aromatic carbocycles. The zero-order valence-corrected chi connectivity index (χ0v) is 22.2. The second kappa shape index (κ2) is 10.2. The number of ether oxygens (including phenoxy) is 1. The maximum Gasteiger partial charge on any atom is 0.276 e. The average molecular weight is 531 g/mol. The Morgan fingerprint density at radius 2 is 1.70 bits per heavy atom. The van der Waals surface area contributed by atoms with Crippen LogP contribution in [-0.4, -0.2) is 42.5 Å². The molecule has 0 unspecified atom stereocenters. The lowest BCUT2D eigenvalue weighted by Gasteiger charge is -2.24. The number of carbonyl (C=O) groups is 2. The lowest BCUT2D eigenvalue weighted by Crippen LogP contribution is -2.34. The number of fused-ring (bicyclic) bond motifs is 4. The molecular formula is C33H30N4O3. The first-order valence-corrected chi connectivity index (χ1v) is 13.9. The minimum absolute atomic E-state index is 0.0293. The first-order valence-electron chi connectivity index (χ1n) is 13.9. The zero-order chi connectivity index (χ0) is 27.1. The first-order chi connectivity index (χ1) is 19.6. The Bertz CT molecular complexity index is 1610. The van der Waals surface area contributed by atoms with Gasteiger partial charge in [0.25, 0.3) is 11.8 Å². The number of hydrogen-bond acceptors (Lipinski definition) is 5. The summed E-state index contributed by atoms with van der Waals surface area (Å²) in [6.45, 7) is 2.39. The molecule has 2 amide bonds. The van der Waals surface area contributed by atoms with Gasteiger partial charge in [0.05, 0.1) is 12.2 Å². The normalized spacial score (nSPS) is 16.0. The minimum atomic E-state index is -0.139. The van der Waals surface area contributed by atoms with Crippen molar-refractivity contribution in [2.75, 3.05) is 29.5 Å². The number of rotatable bonds is 4. The van der Waals surface area contributed by atoms with Gasteiger partial charge >= 0.3 is 0 Å². The van der Waals surface area contributed by atoms with Crippen LogP contribution < -0.4 is 19.9 Å². The molecule has 7 rings (SSSR count). The topological polar surface area (TPSA) is 74.8 Å². The zero-order valence-electron chi connectivity index (χ0n) is 22.2. The number of nitrogens with zero attached hydrogens (tertiary/aromatic N) is 3. The van der Waals surface area contributed by atoms with Gasteiger partial charge in [0, 0.05) is 35.8 Å². The van der Waals surface area contributed by atoms with Crippen LogP contribution in [0.2, 0.25) is 0 Å². The molecule has 2 aliphatic heterocycles. The van der Waals surface area contributed by atoms with Crippen LogP contribution in [0.3, 0.4) is 0 Å². The van der Waals surface area contributed by atoms with Crippen molar-refractivity contribution in [1.82, 2.24) is 10.3 Å². The lowest BCUT2D eigenvalue weighted by molar-refractivity contribution is 0.0948. The number of nitrogens with one attached hydrogen (secondary N) is 1. The number of benzene rings is 3. The van der Waals surface area contributed by atoms with Crippen molar-refractivity contribution in [3.63, 3.8) is 0 Å². The second-order valence-electron chi connectivity index (χ2n) is 10.6. The van der Waals surface area contributed by atoms with Crippen LogP contribution in [0.15, 0.2) is 84.9 Å². The molecule has 0 bridgehead atoms. The maximum absolute atomic E-state index is 14.0. The number of para-hydroxylation sites is 2. The fourth-order valence-electron chi connectivity index (χ4n) is 5.58. The Hall–Kier alpha value is -4.65. The van der Waals surface area contributed by atoms with Gasteiger partial charge in [-0.05, 0) is 66.8 Å². The quantitative estimate of drug-likeness (QED) is 0.391. The molecule has 1 N–H and O–H groups in total. The number of anilines is 2. The van der Waals surface area contributed by atoms with E-state index in [0.717, 1.165) is 52.4 Å². The molecule has 4 aromatic rings.